The minimum atomic E-state index is 0.355. The van der Waals surface area contributed by atoms with E-state index in [0.717, 1.165) is 39.0 Å². The van der Waals surface area contributed by atoms with Crippen LogP contribution in [0.3, 0.4) is 0 Å². The fraction of sp³-hybridized carbons (Fsp3) is 0.929. The number of carbonyl (C=O) groups is 1. The molecule has 0 aromatic rings. The predicted octanol–water partition coefficient (Wildman–Crippen LogP) is 2.27. The molecule has 3 nitrogen and oxygen atoms in total. The van der Waals surface area contributed by atoms with Crippen molar-refractivity contribution in [3.8, 4) is 0 Å². The van der Waals surface area contributed by atoms with Gasteiger partial charge in [0.25, 0.3) is 0 Å². The van der Waals surface area contributed by atoms with E-state index >= 15 is 0 Å². The van der Waals surface area contributed by atoms with Crippen molar-refractivity contribution in [3.63, 3.8) is 0 Å². The van der Waals surface area contributed by atoms with E-state index in [9.17, 15) is 4.79 Å². The van der Waals surface area contributed by atoms with Gasteiger partial charge in [0.15, 0.2) is 0 Å². The zero-order valence-corrected chi connectivity index (χ0v) is 11.7. The standard InChI is InChI=1S/C14H28N2O/c1-4-12(5-2)11-16(6-3)14(17)9-13-7-8-15-10-13/h12-13,15H,4-11H2,1-3H3. The summed E-state index contributed by atoms with van der Waals surface area (Å²) in [6, 6.07) is 0. The van der Waals surface area contributed by atoms with Gasteiger partial charge in [0.1, 0.15) is 0 Å². The maximum Gasteiger partial charge on any atom is 0.222 e. The van der Waals surface area contributed by atoms with Crippen LogP contribution < -0.4 is 5.32 Å². The Kier molecular flexibility index (Phi) is 6.56. The normalized spacial score (nSPS) is 19.9. The molecule has 1 aliphatic heterocycles. The van der Waals surface area contributed by atoms with E-state index in [4.69, 9.17) is 0 Å². The van der Waals surface area contributed by atoms with Crippen molar-refractivity contribution in [1.82, 2.24) is 10.2 Å². The summed E-state index contributed by atoms with van der Waals surface area (Å²) in [5, 5.41) is 3.33. The Morgan fingerprint density at radius 2 is 2.06 bits per heavy atom. The van der Waals surface area contributed by atoms with Crippen LogP contribution in [0.25, 0.3) is 0 Å². The molecule has 1 rings (SSSR count). The SMILES string of the molecule is CCC(CC)CN(CC)C(=O)CC1CCNC1. The largest absolute Gasteiger partial charge is 0.343 e. The molecule has 1 heterocycles. The summed E-state index contributed by atoms with van der Waals surface area (Å²) >= 11 is 0. The van der Waals surface area contributed by atoms with Crippen LogP contribution in [0, 0.1) is 11.8 Å². The third kappa shape index (κ3) is 4.66. The Labute approximate surface area is 106 Å². The van der Waals surface area contributed by atoms with Gasteiger partial charge in [0, 0.05) is 19.5 Å². The predicted molar refractivity (Wildman–Crippen MR) is 71.9 cm³/mol. The second kappa shape index (κ2) is 7.70. The Morgan fingerprint density at radius 1 is 1.35 bits per heavy atom. The first-order valence-electron chi connectivity index (χ1n) is 7.19. The Balaban J connectivity index is 2.39. The first-order valence-corrected chi connectivity index (χ1v) is 7.19. The molecule has 0 radical (unpaired) electrons. The minimum absolute atomic E-state index is 0.355. The van der Waals surface area contributed by atoms with Crippen LogP contribution in [0.15, 0.2) is 0 Å². The van der Waals surface area contributed by atoms with Gasteiger partial charge in [-0.05, 0) is 38.3 Å². The molecule has 3 heteroatoms. The maximum absolute atomic E-state index is 12.2. The molecule has 0 aliphatic carbocycles. The van der Waals surface area contributed by atoms with E-state index in [1.54, 1.807) is 0 Å². The van der Waals surface area contributed by atoms with Crippen LogP contribution in [0.2, 0.25) is 0 Å². The molecule has 1 saturated heterocycles. The molecule has 0 spiro atoms. The highest BCUT2D eigenvalue weighted by Crippen LogP contribution is 2.16. The third-order valence-corrected chi connectivity index (χ3v) is 3.99. The zero-order chi connectivity index (χ0) is 12.7. The molecule has 100 valence electrons. The number of amides is 1. The number of hydrogen-bond acceptors (Lipinski definition) is 2. The highest BCUT2D eigenvalue weighted by Gasteiger charge is 2.22. The van der Waals surface area contributed by atoms with Gasteiger partial charge in [-0.2, -0.15) is 0 Å². The Hall–Kier alpha value is -0.570. The second-order valence-electron chi connectivity index (χ2n) is 5.18. The smallest absolute Gasteiger partial charge is 0.222 e. The van der Waals surface area contributed by atoms with Crippen molar-refractivity contribution < 1.29 is 4.79 Å². The summed E-state index contributed by atoms with van der Waals surface area (Å²) in [5.41, 5.74) is 0. The first kappa shape index (κ1) is 14.5. The molecule has 0 aromatic heterocycles. The average molecular weight is 240 g/mol. The minimum Gasteiger partial charge on any atom is -0.343 e. The zero-order valence-electron chi connectivity index (χ0n) is 11.7. The summed E-state index contributed by atoms with van der Waals surface area (Å²) in [4.78, 5) is 14.2. The number of nitrogens with one attached hydrogen (secondary N) is 1. The molecule has 1 amide bonds. The number of nitrogens with zero attached hydrogens (tertiary/aromatic N) is 1. The molecule has 1 atom stereocenters. The van der Waals surface area contributed by atoms with E-state index in [2.05, 4.69) is 31.0 Å². The van der Waals surface area contributed by atoms with Crippen LogP contribution in [0.4, 0.5) is 0 Å². The molecule has 1 unspecified atom stereocenters. The number of rotatable bonds is 7. The van der Waals surface area contributed by atoms with Crippen molar-refractivity contribution in [1.29, 1.82) is 0 Å². The molecular formula is C14H28N2O. The van der Waals surface area contributed by atoms with Crippen molar-refractivity contribution in [3.05, 3.63) is 0 Å². The Morgan fingerprint density at radius 3 is 2.53 bits per heavy atom. The highest BCUT2D eigenvalue weighted by atomic mass is 16.2. The van der Waals surface area contributed by atoms with Crippen molar-refractivity contribution in [2.75, 3.05) is 26.2 Å². The second-order valence-corrected chi connectivity index (χ2v) is 5.18. The number of carbonyl (C=O) groups excluding carboxylic acids is 1. The fourth-order valence-electron chi connectivity index (χ4n) is 2.53. The van der Waals surface area contributed by atoms with Gasteiger partial charge < -0.3 is 10.2 Å². The van der Waals surface area contributed by atoms with Crippen molar-refractivity contribution in [2.45, 2.75) is 46.5 Å². The van der Waals surface area contributed by atoms with Gasteiger partial charge in [0.2, 0.25) is 5.91 Å². The van der Waals surface area contributed by atoms with Crippen molar-refractivity contribution >= 4 is 5.91 Å². The molecule has 0 bridgehead atoms. The quantitative estimate of drug-likeness (QED) is 0.740. The van der Waals surface area contributed by atoms with Gasteiger partial charge in [0.05, 0.1) is 0 Å². The Bertz CT molecular complexity index is 220. The van der Waals surface area contributed by atoms with Crippen LogP contribution in [-0.4, -0.2) is 37.0 Å². The van der Waals surface area contributed by atoms with Gasteiger partial charge in [-0.25, -0.2) is 0 Å². The highest BCUT2D eigenvalue weighted by molar-refractivity contribution is 5.76. The van der Waals surface area contributed by atoms with Gasteiger partial charge in [-0.15, -0.1) is 0 Å². The van der Waals surface area contributed by atoms with Crippen LogP contribution >= 0.6 is 0 Å². The lowest BCUT2D eigenvalue weighted by molar-refractivity contribution is -0.132. The monoisotopic (exact) mass is 240 g/mol. The van der Waals surface area contributed by atoms with E-state index < -0.39 is 0 Å². The lowest BCUT2D eigenvalue weighted by Crippen LogP contribution is -2.36. The van der Waals surface area contributed by atoms with Crippen LogP contribution in [-0.2, 0) is 4.79 Å². The number of hydrogen-bond donors (Lipinski definition) is 1. The maximum atomic E-state index is 12.2. The molecule has 1 N–H and O–H groups in total. The van der Waals surface area contributed by atoms with Crippen LogP contribution in [0.1, 0.15) is 46.5 Å². The van der Waals surface area contributed by atoms with E-state index in [0.29, 0.717) is 17.7 Å². The molecular weight excluding hydrogens is 212 g/mol. The molecule has 0 aromatic carbocycles. The van der Waals surface area contributed by atoms with Crippen molar-refractivity contribution in [2.24, 2.45) is 11.8 Å². The van der Waals surface area contributed by atoms with E-state index in [-0.39, 0.29) is 0 Å². The molecule has 17 heavy (non-hydrogen) atoms. The summed E-state index contributed by atoms with van der Waals surface area (Å²) in [5.74, 6) is 1.59. The molecule has 0 saturated carbocycles. The first-order chi connectivity index (χ1) is 8.21. The molecule has 1 fully saturated rings. The summed E-state index contributed by atoms with van der Waals surface area (Å²) < 4.78 is 0. The summed E-state index contributed by atoms with van der Waals surface area (Å²) in [6.45, 7) is 10.4. The summed E-state index contributed by atoms with van der Waals surface area (Å²) in [7, 11) is 0. The lowest BCUT2D eigenvalue weighted by atomic mass is 10.0. The molecule has 1 aliphatic rings. The van der Waals surface area contributed by atoms with Gasteiger partial charge in [-0.3, -0.25) is 4.79 Å². The lowest BCUT2D eigenvalue weighted by Gasteiger charge is -2.26. The summed E-state index contributed by atoms with van der Waals surface area (Å²) in [6.07, 6.45) is 4.24. The third-order valence-electron chi connectivity index (χ3n) is 3.99. The topological polar surface area (TPSA) is 32.3 Å². The van der Waals surface area contributed by atoms with E-state index in [1.165, 1.54) is 12.8 Å². The van der Waals surface area contributed by atoms with Gasteiger partial charge >= 0.3 is 0 Å². The average Bonchev–Trinajstić information content (AvgIpc) is 2.83. The fourth-order valence-corrected chi connectivity index (χ4v) is 2.53. The van der Waals surface area contributed by atoms with Gasteiger partial charge in [-0.1, -0.05) is 26.7 Å². The van der Waals surface area contributed by atoms with Crippen LogP contribution in [0.5, 0.6) is 0 Å². The van der Waals surface area contributed by atoms with E-state index in [1.807, 2.05) is 0 Å².